The molecule has 0 N–H and O–H groups in total. The zero-order chi connectivity index (χ0) is 24.8. The van der Waals surface area contributed by atoms with Crippen molar-refractivity contribution >= 4 is 0 Å². The van der Waals surface area contributed by atoms with Crippen LogP contribution < -0.4 is 0 Å². The van der Waals surface area contributed by atoms with Crippen molar-refractivity contribution in [2.75, 3.05) is 0 Å². The van der Waals surface area contributed by atoms with Crippen LogP contribution in [0.2, 0.25) is 0 Å². The van der Waals surface area contributed by atoms with Gasteiger partial charge in [0.1, 0.15) is 0 Å². The Morgan fingerprint density at radius 3 is 0.706 bits per heavy atom. The summed E-state index contributed by atoms with van der Waals surface area (Å²) in [5.41, 5.74) is 0. The maximum absolute atomic E-state index is 2.37. The van der Waals surface area contributed by atoms with Crippen molar-refractivity contribution in [2.24, 2.45) is 5.92 Å². The van der Waals surface area contributed by atoms with Gasteiger partial charge in [0.15, 0.2) is 0 Å². The Balaban J connectivity index is 3.48. The molecule has 0 heterocycles. The molecule has 34 heavy (non-hydrogen) atoms. The fraction of sp³-hybridized carbons (Fsp3) is 1.00. The summed E-state index contributed by atoms with van der Waals surface area (Å²) in [6.07, 6.45) is 44.3. The fourth-order valence-electron chi connectivity index (χ4n) is 5.65. The van der Waals surface area contributed by atoms with E-state index in [0.29, 0.717) is 0 Å². The van der Waals surface area contributed by atoms with Gasteiger partial charge >= 0.3 is 0 Å². The van der Waals surface area contributed by atoms with Crippen LogP contribution in [0.15, 0.2) is 0 Å². The molecule has 0 amide bonds. The van der Waals surface area contributed by atoms with Crippen molar-refractivity contribution in [1.29, 1.82) is 0 Å². The average Bonchev–Trinajstić information content (AvgIpc) is 2.85. The summed E-state index contributed by atoms with van der Waals surface area (Å²) >= 11 is 0. The lowest BCUT2D eigenvalue weighted by atomic mass is 9.90. The van der Waals surface area contributed by atoms with Crippen molar-refractivity contribution in [1.82, 2.24) is 0 Å². The van der Waals surface area contributed by atoms with E-state index in [-0.39, 0.29) is 0 Å². The molecule has 0 fully saturated rings. The van der Waals surface area contributed by atoms with Gasteiger partial charge < -0.3 is 0 Å². The Hall–Kier alpha value is 0. The van der Waals surface area contributed by atoms with E-state index >= 15 is 0 Å². The second-order valence-corrected chi connectivity index (χ2v) is 11.7. The molecule has 206 valence electrons. The molecule has 1 unspecified atom stereocenters. The van der Waals surface area contributed by atoms with Crippen LogP contribution in [0.1, 0.15) is 213 Å². The number of hydrogen-bond donors (Lipinski definition) is 0. The predicted molar refractivity (Wildman–Crippen MR) is 159 cm³/mol. The lowest BCUT2D eigenvalue weighted by Gasteiger charge is -2.16. The van der Waals surface area contributed by atoms with E-state index < -0.39 is 0 Å². The standard InChI is InChI=1S/C34H70/c1-4-7-10-12-14-16-18-20-22-24-26-28-30-33-34(31-9-6-3)32-29-27-25-23-21-19-17-15-13-11-8-5-2/h34H,4-33H2,1-3H3. The first kappa shape index (κ1) is 34.0. The van der Waals surface area contributed by atoms with E-state index in [1.807, 2.05) is 0 Å². The monoisotopic (exact) mass is 479 g/mol. The Morgan fingerprint density at radius 1 is 0.235 bits per heavy atom. The van der Waals surface area contributed by atoms with Crippen LogP contribution >= 0.6 is 0 Å². The van der Waals surface area contributed by atoms with Gasteiger partial charge in [0, 0.05) is 0 Å². The minimum absolute atomic E-state index is 1.04. The lowest BCUT2D eigenvalue weighted by molar-refractivity contribution is 0.370. The van der Waals surface area contributed by atoms with Crippen molar-refractivity contribution in [3.05, 3.63) is 0 Å². The maximum atomic E-state index is 2.37. The Kier molecular flexibility index (Phi) is 31.0. The van der Waals surface area contributed by atoms with Crippen LogP contribution in [-0.4, -0.2) is 0 Å². The minimum Gasteiger partial charge on any atom is -0.0654 e. The fourth-order valence-corrected chi connectivity index (χ4v) is 5.65. The molecule has 0 nitrogen and oxygen atoms in total. The molecule has 0 bridgehead atoms. The predicted octanol–water partition coefficient (Wildman–Crippen LogP) is 13.4. The van der Waals surface area contributed by atoms with Gasteiger partial charge in [-0.15, -0.1) is 0 Å². The molecule has 0 aliphatic heterocycles. The number of unbranched alkanes of at least 4 members (excludes halogenated alkanes) is 24. The summed E-state index contributed by atoms with van der Waals surface area (Å²) in [4.78, 5) is 0. The van der Waals surface area contributed by atoms with Crippen LogP contribution in [0.3, 0.4) is 0 Å². The summed E-state index contributed by atoms with van der Waals surface area (Å²) in [5.74, 6) is 1.04. The molecule has 0 saturated heterocycles. The number of rotatable bonds is 30. The molecular formula is C34H70. The molecule has 0 aromatic heterocycles. The van der Waals surface area contributed by atoms with Gasteiger partial charge in [-0.25, -0.2) is 0 Å². The van der Waals surface area contributed by atoms with Gasteiger partial charge in [-0.3, -0.25) is 0 Å². The van der Waals surface area contributed by atoms with Gasteiger partial charge in [-0.2, -0.15) is 0 Å². The second-order valence-electron chi connectivity index (χ2n) is 11.7. The molecule has 0 spiro atoms. The van der Waals surface area contributed by atoms with Crippen LogP contribution in [0.5, 0.6) is 0 Å². The van der Waals surface area contributed by atoms with Gasteiger partial charge in [0.2, 0.25) is 0 Å². The first-order valence-corrected chi connectivity index (χ1v) is 16.8. The third-order valence-corrected chi connectivity index (χ3v) is 8.15. The van der Waals surface area contributed by atoms with Crippen molar-refractivity contribution < 1.29 is 0 Å². The summed E-state index contributed by atoms with van der Waals surface area (Å²) in [6, 6.07) is 0. The number of hydrogen-bond acceptors (Lipinski definition) is 0. The van der Waals surface area contributed by atoms with Gasteiger partial charge in [0.25, 0.3) is 0 Å². The highest BCUT2D eigenvalue weighted by Gasteiger charge is 2.08. The Bertz CT molecular complexity index is 333. The topological polar surface area (TPSA) is 0 Å². The highest BCUT2D eigenvalue weighted by Crippen LogP contribution is 2.24. The molecular weight excluding hydrogens is 408 g/mol. The molecule has 0 aromatic rings. The van der Waals surface area contributed by atoms with E-state index in [9.17, 15) is 0 Å². The van der Waals surface area contributed by atoms with Gasteiger partial charge in [-0.05, 0) is 5.92 Å². The first-order chi connectivity index (χ1) is 16.8. The normalized spacial score (nSPS) is 12.4. The van der Waals surface area contributed by atoms with Gasteiger partial charge in [-0.1, -0.05) is 213 Å². The summed E-state index contributed by atoms with van der Waals surface area (Å²) in [7, 11) is 0. The molecule has 0 saturated carbocycles. The zero-order valence-electron chi connectivity index (χ0n) is 24.8. The van der Waals surface area contributed by atoms with E-state index in [4.69, 9.17) is 0 Å². The van der Waals surface area contributed by atoms with Crippen molar-refractivity contribution in [3.63, 3.8) is 0 Å². The molecule has 0 rings (SSSR count). The van der Waals surface area contributed by atoms with E-state index in [0.717, 1.165) is 5.92 Å². The largest absolute Gasteiger partial charge is 0.0654 e. The average molecular weight is 479 g/mol. The highest BCUT2D eigenvalue weighted by molar-refractivity contribution is 4.61. The third-order valence-electron chi connectivity index (χ3n) is 8.15. The van der Waals surface area contributed by atoms with Crippen LogP contribution in [0.25, 0.3) is 0 Å². The van der Waals surface area contributed by atoms with E-state index in [1.165, 1.54) is 193 Å². The quantitative estimate of drug-likeness (QED) is 0.0900. The molecule has 0 aliphatic carbocycles. The van der Waals surface area contributed by atoms with E-state index in [2.05, 4.69) is 20.8 Å². The SMILES string of the molecule is CCCCCCCCCCCCCCCC(CCCC)CCCCCCCCCCCCCC. The summed E-state index contributed by atoms with van der Waals surface area (Å²) in [6.45, 7) is 6.99. The smallest absolute Gasteiger partial charge is 0.0414 e. The molecule has 0 aromatic carbocycles. The van der Waals surface area contributed by atoms with E-state index in [1.54, 1.807) is 0 Å². The molecule has 0 aliphatic rings. The second kappa shape index (κ2) is 31.0. The van der Waals surface area contributed by atoms with Crippen molar-refractivity contribution in [3.8, 4) is 0 Å². The third kappa shape index (κ3) is 28.2. The van der Waals surface area contributed by atoms with Crippen LogP contribution in [-0.2, 0) is 0 Å². The molecule has 0 radical (unpaired) electrons. The molecule has 1 atom stereocenters. The Morgan fingerprint density at radius 2 is 0.441 bits per heavy atom. The lowest BCUT2D eigenvalue weighted by Crippen LogP contribution is -2.01. The minimum atomic E-state index is 1.04. The zero-order valence-corrected chi connectivity index (χ0v) is 24.8. The van der Waals surface area contributed by atoms with Crippen LogP contribution in [0.4, 0.5) is 0 Å². The Labute approximate surface area is 219 Å². The summed E-state index contributed by atoms with van der Waals surface area (Å²) < 4.78 is 0. The van der Waals surface area contributed by atoms with Crippen molar-refractivity contribution in [2.45, 2.75) is 213 Å². The maximum Gasteiger partial charge on any atom is -0.0414 e. The first-order valence-electron chi connectivity index (χ1n) is 16.8. The van der Waals surface area contributed by atoms with Crippen LogP contribution in [0, 0.1) is 5.92 Å². The highest BCUT2D eigenvalue weighted by atomic mass is 14.1. The summed E-state index contributed by atoms with van der Waals surface area (Å²) in [5, 5.41) is 0. The molecule has 0 heteroatoms. The van der Waals surface area contributed by atoms with Gasteiger partial charge in [0.05, 0.1) is 0 Å².